The summed E-state index contributed by atoms with van der Waals surface area (Å²) in [6.07, 6.45) is 0.239. The maximum absolute atomic E-state index is 11.7. The van der Waals surface area contributed by atoms with Gasteiger partial charge in [0.2, 0.25) is 5.91 Å². The van der Waals surface area contributed by atoms with Crippen LogP contribution in [0.3, 0.4) is 0 Å². The summed E-state index contributed by atoms with van der Waals surface area (Å²) in [5.41, 5.74) is 1.67. The lowest BCUT2D eigenvalue weighted by Gasteiger charge is -2.20. The molecule has 5 nitrogen and oxygen atoms in total. The molecule has 0 atom stereocenters. The number of amides is 1. The predicted molar refractivity (Wildman–Crippen MR) is 81.8 cm³/mol. The van der Waals surface area contributed by atoms with Gasteiger partial charge >= 0.3 is 5.97 Å². The van der Waals surface area contributed by atoms with Crippen molar-refractivity contribution in [2.45, 2.75) is 39.3 Å². The standard InChI is InChI=1S/C16H24N2O3/c1-16(2,3)18-14(19)11-17-10-13-8-6-5-7-12(13)9-15(20)21-4/h5-8,17H,9-11H2,1-4H3,(H,18,19). The number of esters is 1. The number of benzene rings is 1. The van der Waals surface area contributed by atoms with Crippen molar-refractivity contribution < 1.29 is 14.3 Å². The fourth-order valence-corrected chi connectivity index (χ4v) is 1.90. The SMILES string of the molecule is COC(=O)Cc1ccccc1CNCC(=O)NC(C)(C)C. The van der Waals surface area contributed by atoms with Crippen molar-refractivity contribution in [2.75, 3.05) is 13.7 Å². The van der Waals surface area contributed by atoms with Crippen LogP contribution in [0.15, 0.2) is 24.3 Å². The Morgan fingerprint density at radius 1 is 1.14 bits per heavy atom. The van der Waals surface area contributed by atoms with E-state index < -0.39 is 0 Å². The van der Waals surface area contributed by atoms with Crippen LogP contribution in [0.2, 0.25) is 0 Å². The quantitative estimate of drug-likeness (QED) is 0.778. The molecule has 0 aliphatic carbocycles. The number of hydrogen-bond acceptors (Lipinski definition) is 4. The molecule has 0 fully saturated rings. The monoisotopic (exact) mass is 292 g/mol. The van der Waals surface area contributed by atoms with Crippen LogP contribution < -0.4 is 10.6 Å². The number of hydrogen-bond donors (Lipinski definition) is 2. The van der Waals surface area contributed by atoms with Gasteiger partial charge in [-0.15, -0.1) is 0 Å². The molecule has 1 aromatic carbocycles. The van der Waals surface area contributed by atoms with E-state index in [0.717, 1.165) is 11.1 Å². The molecule has 0 radical (unpaired) electrons. The molecule has 0 unspecified atom stereocenters. The first-order valence-corrected chi connectivity index (χ1v) is 6.97. The van der Waals surface area contributed by atoms with Crippen LogP contribution in [-0.2, 0) is 27.3 Å². The Kier molecular flexibility index (Phi) is 6.37. The Morgan fingerprint density at radius 3 is 2.33 bits per heavy atom. The number of nitrogens with one attached hydrogen (secondary N) is 2. The van der Waals surface area contributed by atoms with Gasteiger partial charge in [-0.05, 0) is 31.9 Å². The summed E-state index contributed by atoms with van der Waals surface area (Å²) in [5.74, 6) is -0.319. The Morgan fingerprint density at radius 2 is 1.76 bits per heavy atom. The zero-order valence-electron chi connectivity index (χ0n) is 13.2. The summed E-state index contributed by atoms with van der Waals surface area (Å²) in [6.45, 7) is 6.60. The molecule has 2 N–H and O–H groups in total. The minimum atomic E-state index is -0.270. The van der Waals surface area contributed by atoms with Gasteiger partial charge in [-0.25, -0.2) is 0 Å². The number of ether oxygens (including phenoxy) is 1. The highest BCUT2D eigenvalue weighted by Gasteiger charge is 2.13. The van der Waals surface area contributed by atoms with E-state index in [0.29, 0.717) is 6.54 Å². The minimum Gasteiger partial charge on any atom is -0.469 e. The van der Waals surface area contributed by atoms with Crippen LogP contribution in [0.4, 0.5) is 0 Å². The Hall–Kier alpha value is -1.88. The predicted octanol–water partition coefficient (Wildman–Crippen LogP) is 1.41. The first kappa shape index (κ1) is 17.2. The zero-order valence-corrected chi connectivity index (χ0v) is 13.2. The summed E-state index contributed by atoms with van der Waals surface area (Å²) < 4.78 is 4.68. The highest BCUT2D eigenvalue weighted by atomic mass is 16.5. The van der Waals surface area contributed by atoms with Crippen molar-refractivity contribution in [3.05, 3.63) is 35.4 Å². The normalized spacial score (nSPS) is 11.0. The molecular weight excluding hydrogens is 268 g/mol. The lowest BCUT2D eigenvalue weighted by molar-refractivity contribution is -0.139. The lowest BCUT2D eigenvalue weighted by Crippen LogP contribution is -2.44. The molecule has 0 aliphatic heterocycles. The third-order valence-corrected chi connectivity index (χ3v) is 2.80. The van der Waals surface area contributed by atoms with Crippen LogP contribution in [0.25, 0.3) is 0 Å². The van der Waals surface area contributed by atoms with Gasteiger partial charge < -0.3 is 15.4 Å². The molecule has 1 rings (SSSR count). The summed E-state index contributed by atoms with van der Waals surface area (Å²) in [7, 11) is 1.38. The molecule has 1 aromatic rings. The summed E-state index contributed by atoms with van der Waals surface area (Å²) in [4.78, 5) is 23.1. The van der Waals surface area contributed by atoms with E-state index in [4.69, 9.17) is 0 Å². The van der Waals surface area contributed by atoms with Crippen molar-refractivity contribution >= 4 is 11.9 Å². The van der Waals surface area contributed by atoms with Crippen LogP contribution >= 0.6 is 0 Å². The van der Waals surface area contributed by atoms with Crippen LogP contribution in [0.5, 0.6) is 0 Å². The number of rotatable bonds is 6. The smallest absolute Gasteiger partial charge is 0.309 e. The molecule has 0 heterocycles. The van der Waals surface area contributed by atoms with Crippen molar-refractivity contribution in [1.82, 2.24) is 10.6 Å². The highest BCUT2D eigenvalue weighted by Crippen LogP contribution is 2.10. The summed E-state index contributed by atoms with van der Waals surface area (Å²) in [5, 5.41) is 5.98. The maximum Gasteiger partial charge on any atom is 0.309 e. The van der Waals surface area contributed by atoms with E-state index in [1.807, 2.05) is 45.0 Å². The number of carbonyl (C=O) groups is 2. The van der Waals surface area contributed by atoms with E-state index >= 15 is 0 Å². The molecular formula is C16H24N2O3. The van der Waals surface area contributed by atoms with Crippen molar-refractivity contribution in [3.8, 4) is 0 Å². The van der Waals surface area contributed by atoms with E-state index in [-0.39, 0.29) is 30.4 Å². The molecule has 0 aliphatic rings. The Labute approximate surface area is 126 Å². The molecule has 0 aromatic heterocycles. The van der Waals surface area contributed by atoms with Gasteiger partial charge in [0.05, 0.1) is 20.1 Å². The number of methoxy groups -OCH3 is 1. The second-order valence-electron chi connectivity index (χ2n) is 5.92. The van der Waals surface area contributed by atoms with E-state index in [1.54, 1.807) is 0 Å². The van der Waals surface area contributed by atoms with E-state index in [2.05, 4.69) is 15.4 Å². The van der Waals surface area contributed by atoms with E-state index in [9.17, 15) is 9.59 Å². The largest absolute Gasteiger partial charge is 0.469 e. The first-order chi connectivity index (χ1) is 9.81. The first-order valence-electron chi connectivity index (χ1n) is 6.97. The topological polar surface area (TPSA) is 67.4 Å². The van der Waals surface area contributed by atoms with Gasteiger partial charge in [0.25, 0.3) is 0 Å². The molecule has 21 heavy (non-hydrogen) atoms. The summed E-state index contributed by atoms with van der Waals surface area (Å²) >= 11 is 0. The van der Waals surface area contributed by atoms with Crippen molar-refractivity contribution in [2.24, 2.45) is 0 Å². The Bertz CT molecular complexity index is 493. The third-order valence-electron chi connectivity index (χ3n) is 2.80. The molecule has 0 spiro atoms. The van der Waals surface area contributed by atoms with Gasteiger partial charge in [0.15, 0.2) is 0 Å². The van der Waals surface area contributed by atoms with Crippen molar-refractivity contribution in [3.63, 3.8) is 0 Å². The van der Waals surface area contributed by atoms with Gasteiger partial charge in [0, 0.05) is 12.1 Å². The van der Waals surface area contributed by atoms with Crippen LogP contribution in [0, 0.1) is 0 Å². The second kappa shape index (κ2) is 7.78. The molecule has 116 valence electrons. The highest BCUT2D eigenvalue weighted by molar-refractivity contribution is 5.78. The maximum atomic E-state index is 11.7. The van der Waals surface area contributed by atoms with Gasteiger partial charge in [0.1, 0.15) is 0 Å². The van der Waals surface area contributed by atoms with Crippen LogP contribution in [-0.4, -0.2) is 31.1 Å². The van der Waals surface area contributed by atoms with Gasteiger partial charge in [-0.3, -0.25) is 9.59 Å². The van der Waals surface area contributed by atoms with Crippen LogP contribution in [0.1, 0.15) is 31.9 Å². The molecule has 0 bridgehead atoms. The number of carbonyl (C=O) groups excluding carboxylic acids is 2. The fourth-order valence-electron chi connectivity index (χ4n) is 1.90. The second-order valence-corrected chi connectivity index (χ2v) is 5.92. The van der Waals surface area contributed by atoms with E-state index in [1.165, 1.54) is 7.11 Å². The summed E-state index contributed by atoms with van der Waals surface area (Å²) in [6, 6.07) is 7.62. The zero-order chi connectivity index (χ0) is 15.9. The fraction of sp³-hybridized carbons (Fsp3) is 0.500. The Balaban J connectivity index is 2.52. The molecule has 0 saturated carbocycles. The molecule has 5 heteroatoms. The third kappa shape index (κ3) is 6.90. The molecule has 1 amide bonds. The lowest BCUT2D eigenvalue weighted by atomic mass is 10.0. The molecule has 0 saturated heterocycles. The van der Waals surface area contributed by atoms with Gasteiger partial charge in [-0.1, -0.05) is 24.3 Å². The average Bonchev–Trinajstić information content (AvgIpc) is 2.38. The average molecular weight is 292 g/mol. The minimum absolute atomic E-state index is 0.0482. The van der Waals surface area contributed by atoms with Crippen molar-refractivity contribution in [1.29, 1.82) is 0 Å². The van der Waals surface area contributed by atoms with Gasteiger partial charge in [-0.2, -0.15) is 0 Å².